The third-order valence-corrected chi connectivity index (χ3v) is 1.56. The maximum Gasteiger partial charge on any atom is 0.552 e. The highest BCUT2D eigenvalue weighted by molar-refractivity contribution is 7.47. The lowest BCUT2D eigenvalue weighted by atomic mass is 10.8. The monoisotopic (exact) mass is 228 g/mol. The number of halogens is 3. The molecule has 1 N–H and O–H groups in total. The molecule has 1 unspecified atom stereocenters. The van der Waals surface area contributed by atoms with Crippen molar-refractivity contribution in [2.24, 2.45) is 0 Å². The van der Waals surface area contributed by atoms with Gasteiger partial charge in [-0.15, -0.1) is 12.6 Å². The van der Waals surface area contributed by atoms with E-state index in [-0.39, 0.29) is 0 Å². The molecule has 0 radical (unpaired) electrons. The Hall–Kier alpha value is 0.130. The van der Waals surface area contributed by atoms with Gasteiger partial charge in [-0.2, -0.15) is 0 Å². The Morgan fingerprint density at radius 1 is 1.08 bits per heavy atom. The van der Waals surface area contributed by atoms with E-state index in [1.807, 2.05) is 0 Å². The summed E-state index contributed by atoms with van der Waals surface area (Å²) >= 11 is 0. The summed E-state index contributed by atoms with van der Waals surface area (Å²) in [5, 5.41) is 0. The van der Waals surface area contributed by atoms with Crippen molar-refractivity contribution >= 4 is 15.9 Å². The molecule has 10 heteroatoms. The van der Waals surface area contributed by atoms with Gasteiger partial charge in [0, 0.05) is 0 Å². The van der Waals surface area contributed by atoms with Crippen LogP contribution < -0.4 is 0 Å². The van der Waals surface area contributed by atoms with Gasteiger partial charge in [-0.25, -0.2) is 9.13 Å². The molecule has 0 aliphatic carbocycles. The van der Waals surface area contributed by atoms with Crippen molar-refractivity contribution in [3.05, 3.63) is 0 Å². The molecule has 0 aliphatic rings. The fourth-order valence-corrected chi connectivity index (χ4v) is 0.880. The second-order valence-corrected chi connectivity index (χ2v) is 3.78. The van der Waals surface area contributed by atoms with Crippen molar-refractivity contribution in [3.8, 4) is 0 Å². The van der Waals surface area contributed by atoms with E-state index in [9.17, 15) is 21.7 Å². The van der Waals surface area contributed by atoms with Crippen molar-refractivity contribution in [3.63, 3.8) is 0 Å². The van der Waals surface area contributed by atoms with Crippen LogP contribution >= 0.6 is 15.9 Å². The molecule has 0 heterocycles. The molecule has 1 atom stereocenters. The molecule has 0 saturated heterocycles. The zero-order valence-corrected chi connectivity index (χ0v) is 7.31. The Morgan fingerprint density at radius 2 is 1.50 bits per heavy atom. The van der Waals surface area contributed by atoms with Crippen molar-refractivity contribution in [2.45, 2.75) is 0 Å². The largest absolute Gasteiger partial charge is 0.552 e. The summed E-state index contributed by atoms with van der Waals surface area (Å²) in [6.07, 6.45) is 0. The molecule has 0 rings (SSSR count). The van der Waals surface area contributed by atoms with Crippen LogP contribution in [0.25, 0.3) is 0 Å². The van der Waals surface area contributed by atoms with E-state index in [1.54, 1.807) is 0 Å². The first-order valence-corrected chi connectivity index (χ1v) is 5.39. The van der Waals surface area contributed by atoms with Gasteiger partial charge < -0.3 is 0 Å². The Labute approximate surface area is 65.8 Å². The van der Waals surface area contributed by atoms with Gasteiger partial charge in [0.2, 0.25) is 0 Å². The van der Waals surface area contributed by atoms with E-state index in [0.29, 0.717) is 0 Å². The Morgan fingerprint density at radius 3 is 1.83 bits per heavy atom. The van der Waals surface area contributed by atoms with E-state index in [0.717, 1.165) is 0 Å². The lowest BCUT2D eigenvalue weighted by Gasteiger charge is -2.02. The summed E-state index contributed by atoms with van der Waals surface area (Å²) < 4.78 is 60.4. The SMILES string of the molecule is O=P(O)(F)OCCOP(=O)(F)F. The first-order valence-electron chi connectivity index (χ1n) is 2.51. The maximum absolute atomic E-state index is 11.6. The quantitative estimate of drug-likeness (QED) is 0.576. The van der Waals surface area contributed by atoms with E-state index in [1.165, 1.54) is 0 Å². The lowest BCUT2D eigenvalue weighted by molar-refractivity contribution is 0.164. The van der Waals surface area contributed by atoms with E-state index in [4.69, 9.17) is 4.89 Å². The zero-order chi connectivity index (χ0) is 9.83. The van der Waals surface area contributed by atoms with E-state index < -0.39 is 29.1 Å². The molecule has 0 fully saturated rings. The predicted molar refractivity (Wildman–Crippen MR) is 32.7 cm³/mol. The summed E-state index contributed by atoms with van der Waals surface area (Å²) in [6.45, 7) is -1.79. The molecule has 0 aromatic carbocycles. The number of hydrogen-bond acceptors (Lipinski definition) is 4. The second kappa shape index (κ2) is 4.39. The molecule has 0 bridgehead atoms. The molecule has 5 nitrogen and oxygen atoms in total. The van der Waals surface area contributed by atoms with Gasteiger partial charge in [-0.1, -0.05) is 0 Å². The van der Waals surface area contributed by atoms with Crippen LogP contribution in [0.15, 0.2) is 0 Å². The first kappa shape index (κ1) is 12.1. The van der Waals surface area contributed by atoms with Gasteiger partial charge in [0.05, 0.1) is 13.2 Å². The molecule has 0 saturated carbocycles. The molecule has 0 aliphatic heterocycles. The normalized spacial score (nSPS) is 17.3. The average Bonchev–Trinajstić information content (AvgIpc) is 1.76. The van der Waals surface area contributed by atoms with Gasteiger partial charge in [0.1, 0.15) is 0 Å². The van der Waals surface area contributed by atoms with Gasteiger partial charge in [-0.05, 0) is 0 Å². The first-order chi connectivity index (χ1) is 5.21. The lowest BCUT2D eigenvalue weighted by Crippen LogP contribution is -1.97. The smallest absolute Gasteiger partial charge is 0.299 e. The van der Waals surface area contributed by atoms with Crippen LogP contribution in [-0.2, 0) is 18.2 Å². The fraction of sp³-hybridized carbons (Fsp3) is 1.00. The summed E-state index contributed by atoms with van der Waals surface area (Å²) in [5.41, 5.74) is 0. The minimum atomic E-state index is -5.62. The Bertz CT molecular complexity index is 195. The van der Waals surface area contributed by atoms with Gasteiger partial charge in [0.15, 0.2) is 0 Å². The molecular weight excluding hydrogens is 223 g/mol. The summed E-state index contributed by atoms with van der Waals surface area (Å²) in [5.74, 6) is 0. The van der Waals surface area contributed by atoms with Gasteiger partial charge in [-0.3, -0.25) is 13.9 Å². The topological polar surface area (TPSA) is 72.8 Å². The third-order valence-electron chi connectivity index (χ3n) is 0.575. The summed E-state index contributed by atoms with van der Waals surface area (Å²) in [7, 11) is -10.8. The zero-order valence-electron chi connectivity index (χ0n) is 5.52. The van der Waals surface area contributed by atoms with Gasteiger partial charge in [0.25, 0.3) is 0 Å². The Kier molecular flexibility index (Phi) is 4.44. The minimum Gasteiger partial charge on any atom is -0.299 e. The molecule has 0 aromatic rings. The van der Waals surface area contributed by atoms with Gasteiger partial charge >= 0.3 is 15.9 Å². The molecule has 74 valence electrons. The fourth-order valence-electron chi connectivity index (χ4n) is 0.293. The van der Waals surface area contributed by atoms with Crippen molar-refractivity contribution in [1.29, 1.82) is 0 Å². The molecular formula is C2H5F3O5P2. The van der Waals surface area contributed by atoms with Crippen LogP contribution in [0.2, 0.25) is 0 Å². The third kappa shape index (κ3) is 10.1. The number of hydrogen-bond donors (Lipinski definition) is 1. The van der Waals surface area contributed by atoms with Crippen LogP contribution in [0, 0.1) is 0 Å². The molecule has 0 amide bonds. The van der Waals surface area contributed by atoms with Crippen LogP contribution in [-0.4, -0.2) is 18.1 Å². The van der Waals surface area contributed by atoms with Crippen LogP contribution in [0.5, 0.6) is 0 Å². The Balaban J connectivity index is 3.48. The highest BCUT2D eigenvalue weighted by Crippen LogP contribution is 2.50. The summed E-state index contributed by atoms with van der Waals surface area (Å²) in [4.78, 5) is 7.80. The van der Waals surface area contributed by atoms with Crippen LogP contribution in [0.4, 0.5) is 12.6 Å². The van der Waals surface area contributed by atoms with E-state index >= 15 is 0 Å². The van der Waals surface area contributed by atoms with Crippen LogP contribution in [0.1, 0.15) is 0 Å². The minimum absolute atomic E-state index is 0.873. The van der Waals surface area contributed by atoms with Crippen molar-refractivity contribution < 1.29 is 35.7 Å². The second-order valence-electron chi connectivity index (χ2n) is 1.53. The average molecular weight is 228 g/mol. The van der Waals surface area contributed by atoms with Crippen molar-refractivity contribution in [1.82, 2.24) is 0 Å². The standard InChI is InChI=1S/C2H5F3O5P2/c3-11(4,6)9-1-2-10-12(5,7)8/h1-2H2,(H,7,8). The molecule has 0 spiro atoms. The highest BCUT2D eigenvalue weighted by atomic mass is 31.2. The van der Waals surface area contributed by atoms with Crippen LogP contribution in [0.3, 0.4) is 0 Å². The highest BCUT2D eigenvalue weighted by Gasteiger charge is 2.22. The van der Waals surface area contributed by atoms with E-state index in [2.05, 4.69) is 9.05 Å². The maximum atomic E-state index is 11.6. The van der Waals surface area contributed by atoms with Crippen molar-refractivity contribution in [2.75, 3.05) is 13.2 Å². The molecule has 0 aromatic heterocycles. The summed E-state index contributed by atoms with van der Waals surface area (Å²) in [6, 6.07) is 0. The molecule has 12 heavy (non-hydrogen) atoms. The number of rotatable bonds is 5. The predicted octanol–water partition coefficient (Wildman–Crippen LogP) is 2.14.